The summed E-state index contributed by atoms with van der Waals surface area (Å²) in [7, 11) is 5.73. The Labute approximate surface area is 98.0 Å². The molecule has 2 unspecified atom stereocenters. The normalized spacial score (nSPS) is 15.0. The molecule has 0 saturated heterocycles. The molecule has 0 radical (unpaired) electrons. The molecule has 1 aromatic rings. The van der Waals surface area contributed by atoms with Gasteiger partial charge in [-0.1, -0.05) is 0 Å². The fraction of sp³-hybridized carbons (Fsp3) is 0.750. The highest BCUT2D eigenvalue weighted by Gasteiger charge is 2.10. The third-order valence-corrected chi connectivity index (χ3v) is 2.97. The Kier molecular flexibility index (Phi) is 5.49. The third-order valence-electron chi connectivity index (χ3n) is 2.97. The molecule has 92 valence electrons. The number of nitrogens with zero attached hydrogens (tertiary/aromatic N) is 2. The highest BCUT2D eigenvalue weighted by atomic mass is 16.5. The van der Waals surface area contributed by atoms with Crippen molar-refractivity contribution >= 4 is 0 Å². The van der Waals surface area contributed by atoms with Crippen molar-refractivity contribution in [1.82, 2.24) is 15.1 Å². The molecule has 0 aliphatic heterocycles. The third kappa shape index (κ3) is 4.33. The number of likely N-dealkylation sites (N-methyl/N-ethyl adjacent to an activating group) is 1. The smallest absolute Gasteiger partial charge is 0.0543 e. The van der Waals surface area contributed by atoms with Gasteiger partial charge < -0.3 is 10.1 Å². The Bertz CT molecular complexity index is 298. The molecular formula is C12H23N3O. The summed E-state index contributed by atoms with van der Waals surface area (Å²) in [5, 5.41) is 7.53. The zero-order chi connectivity index (χ0) is 12.0. The Morgan fingerprint density at radius 2 is 2.25 bits per heavy atom. The van der Waals surface area contributed by atoms with Gasteiger partial charge >= 0.3 is 0 Å². The predicted octanol–water partition coefficient (Wildman–Crippen LogP) is 1.37. The summed E-state index contributed by atoms with van der Waals surface area (Å²) >= 11 is 0. The minimum Gasteiger partial charge on any atom is -0.382 e. The number of hydrogen-bond acceptors (Lipinski definition) is 3. The number of aromatic nitrogens is 2. The van der Waals surface area contributed by atoms with Crippen molar-refractivity contribution in [3.05, 3.63) is 18.0 Å². The largest absolute Gasteiger partial charge is 0.382 e. The molecule has 0 aliphatic rings. The van der Waals surface area contributed by atoms with E-state index in [4.69, 9.17) is 4.74 Å². The Morgan fingerprint density at radius 3 is 2.75 bits per heavy atom. The van der Waals surface area contributed by atoms with Crippen LogP contribution in [0.25, 0.3) is 0 Å². The molecule has 0 bridgehead atoms. The minimum absolute atomic E-state index is 0.338. The van der Waals surface area contributed by atoms with Crippen LogP contribution < -0.4 is 5.32 Å². The van der Waals surface area contributed by atoms with Gasteiger partial charge in [0, 0.05) is 26.4 Å². The fourth-order valence-corrected chi connectivity index (χ4v) is 1.76. The molecule has 0 spiro atoms. The molecule has 1 heterocycles. The van der Waals surface area contributed by atoms with Gasteiger partial charge in [-0.25, -0.2) is 0 Å². The Balaban J connectivity index is 2.37. The van der Waals surface area contributed by atoms with Crippen LogP contribution in [-0.4, -0.2) is 36.1 Å². The molecule has 0 amide bonds. The molecule has 0 fully saturated rings. The van der Waals surface area contributed by atoms with Crippen molar-refractivity contribution in [3.8, 4) is 0 Å². The van der Waals surface area contributed by atoms with Crippen molar-refractivity contribution in [1.29, 1.82) is 0 Å². The zero-order valence-corrected chi connectivity index (χ0v) is 10.7. The summed E-state index contributed by atoms with van der Waals surface area (Å²) in [4.78, 5) is 0. The molecule has 0 aliphatic carbocycles. The maximum atomic E-state index is 5.26. The molecular weight excluding hydrogens is 202 g/mol. The second-order valence-corrected chi connectivity index (χ2v) is 4.34. The Morgan fingerprint density at radius 1 is 1.50 bits per heavy atom. The van der Waals surface area contributed by atoms with E-state index in [2.05, 4.69) is 23.5 Å². The van der Waals surface area contributed by atoms with Gasteiger partial charge in [0.25, 0.3) is 0 Å². The number of ether oxygens (including phenoxy) is 1. The molecule has 1 rings (SSSR count). The van der Waals surface area contributed by atoms with E-state index in [1.807, 2.05) is 25.0 Å². The lowest BCUT2D eigenvalue weighted by atomic mass is 10.0. The first-order valence-electron chi connectivity index (χ1n) is 5.83. The van der Waals surface area contributed by atoms with Crippen LogP contribution in [0.2, 0.25) is 0 Å². The lowest BCUT2D eigenvalue weighted by Gasteiger charge is -2.17. The number of rotatable bonds is 7. The summed E-state index contributed by atoms with van der Waals surface area (Å²) in [6.45, 7) is 2.11. The first-order valence-corrected chi connectivity index (χ1v) is 5.83. The molecule has 1 N–H and O–H groups in total. The SMILES string of the molecule is CNC(CCC(C)OC)Cc1cnn(C)c1. The summed E-state index contributed by atoms with van der Waals surface area (Å²) in [5.41, 5.74) is 1.28. The number of aryl methyl sites for hydroxylation is 1. The van der Waals surface area contributed by atoms with Crippen LogP contribution in [0.3, 0.4) is 0 Å². The standard InChI is InChI=1S/C12H23N3O/c1-10(16-4)5-6-12(13-2)7-11-8-14-15(3)9-11/h8-10,12-13H,5-7H2,1-4H3. The van der Waals surface area contributed by atoms with E-state index in [1.54, 1.807) is 7.11 Å². The molecule has 4 nitrogen and oxygen atoms in total. The van der Waals surface area contributed by atoms with Crippen molar-refractivity contribution < 1.29 is 4.74 Å². The summed E-state index contributed by atoms with van der Waals surface area (Å²) in [5.74, 6) is 0. The average molecular weight is 225 g/mol. The zero-order valence-electron chi connectivity index (χ0n) is 10.7. The van der Waals surface area contributed by atoms with E-state index >= 15 is 0 Å². The van der Waals surface area contributed by atoms with Gasteiger partial charge in [-0.2, -0.15) is 5.10 Å². The van der Waals surface area contributed by atoms with Crippen LogP contribution in [-0.2, 0) is 18.2 Å². The summed E-state index contributed by atoms with van der Waals surface area (Å²) in [6, 6.07) is 0.502. The van der Waals surface area contributed by atoms with Crippen molar-refractivity contribution in [2.45, 2.75) is 38.3 Å². The van der Waals surface area contributed by atoms with Gasteiger partial charge in [0.05, 0.1) is 12.3 Å². The van der Waals surface area contributed by atoms with Crippen LogP contribution in [0.1, 0.15) is 25.3 Å². The quantitative estimate of drug-likeness (QED) is 0.761. The van der Waals surface area contributed by atoms with Gasteiger partial charge in [-0.05, 0) is 38.8 Å². The second-order valence-electron chi connectivity index (χ2n) is 4.34. The van der Waals surface area contributed by atoms with Crippen LogP contribution in [0.4, 0.5) is 0 Å². The molecule has 0 saturated carbocycles. The van der Waals surface area contributed by atoms with E-state index in [0.717, 1.165) is 19.3 Å². The Hall–Kier alpha value is -0.870. The average Bonchev–Trinajstić information content (AvgIpc) is 2.69. The number of nitrogens with one attached hydrogen (secondary N) is 1. The maximum Gasteiger partial charge on any atom is 0.0543 e. The molecule has 0 aromatic carbocycles. The van der Waals surface area contributed by atoms with Crippen LogP contribution in [0.15, 0.2) is 12.4 Å². The van der Waals surface area contributed by atoms with Gasteiger partial charge in [-0.3, -0.25) is 4.68 Å². The molecule has 16 heavy (non-hydrogen) atoms. The van der Waals surface area contributed by atoms with E-state index in [0.29, 0.717) is 12.1 Å². The van der Waals surface area contributed by atoms with E-state index < -0.39 is 0 Å². The monoisotopic (exact) mass is 225 g/mol. The van der Waals surface area contributed by atoms with Crippen LogP contribution in [0.5, 0.6) is 0 Å². The molecule has 1 aromatic heterocycles. The lowest BCUT2D eigenvalue weighted by molar-refractivity contribution is 0.106. The number of methoxy groups -OCH3 is 1. The summed E-state index contributed by atoms with van der Waals surface area (Å²) < 4.78 is 7.10. The highest BCUT2D eigenvalue weighted by molar-refractivity contribution is 5.05. The van der Waals surface area contributed by atoms with E-state index in [-0.39, 0.29) is 0 Å². The topological polar surface area (TPSA) is 39.1 Å². The first-order chi connectivity index (χ1) is 7.65. The van der Waals surface area contributed by atoms with Gasteiger partial charge in [0.1, 0.15) is 0 Å². The highest BCUT2D eigenvalue weighted by Crippen LogP contribution is 2.09. The van der Waals surface area contributed by atoms with Crippen molar-refractivity contribution in [2.24, 2.45) is 7.05 Å². The van der Waals surface area contributed by atoms with Gasteiger partial charge in [0.2, 0.25) is 0 Å². The van der Waals surface area contributed by atoms with Gasteiger partial charge in [0.15, 0.2) is 0 Å². The molecule has 4 heteroatoms. The minimum atomic E-state index is 0.338. The fourth-order valence-electron chi connectivity index (χ4n) is 1.76. The van der Waals surface area contributed by atoms with E-state index in [1.165, 1.54) is 5.56 Å². The second kappa shape index (κ2) is 6.66. The first kappa shape index (κ1) is 13.2. The molecule has 2 atom stereocenters. The van der Waals surface area contributed by atoms with Crippen LogP contribution >= 0.6 is 0 Å². The number of hydrogen-bond donors (Lipinski definition) is 1. The summed E-state index contributed by atoms with van der Waals surface area (Å²) in [6.07, 6.45) is 7.59. The maximum absolute atomic E-state index is 5.26. The van der Waals surface area contributed by atoms with Crippen molar-refractivity contribution in [3.63, 3.8) is 0 Å². The predicted molar refractivity (Wildman–Crippen MR) is 65.5 cm³/mol. The lowest BCUT2D eigenvalue weighted by Crippen LogP contribution is -2.28. The van der Waals surface area contributed by atoms with E-state index in [9.17, 15) is 0 Å². The van der Waals surface area contributed by atoms with Crippen LogP contribution in [0, 0.1) is 0 Å². The van der Waals surface area contributed by atoms with Gasteiger partial charge in [-0.15, -0.1) is 0 Å². The van der Waals surface area contributed by atoms with Crippen molar-refractivity contribution in [2.75, 3.05) is 14.2 Å².